The molecule has 0 aliphatic rings. The quantitative estimate of drug-likeness (QED) is 0.577. The minimum absolute atomic E-state index is 0.410. The third-order valence-corrected chi connectivity index (χ3v) is 1.94. The van der Waals surface area contributed by atoms with Gasteiger partial charge in [0, 0.05) is 12.7 Å². The van der Waals surface area contributed by atoms with Crippen LogP contribution in [0.25, 0.3) is 11.1 Å². The van der Waals surface area contributed by atoms with E-state index in [0.29, 0.717) is 17.3 Å². The van der Waals surface area contributed by atoms with Crippen LogP contribution in [0.4, 0.5) is 11.7 Å². The molecule has 0 spiro atoms. The van der Waals surface area contributed by atoms with E-state index in [1.165, 1.54) is 5.06 Å². The smallest absolute Gasteiger partial charge is 0.322 e. The average molecular weight is 193 g/mol. The Balaban J connectivity index is 2.51. The number of nitrogens with two attached hydrogens (primary N) is 1. The van der Waals surface area contributed by atoms with Gasteiger partial charge in [0.2, 0.25) is 0 Å². The Morgan fingerprint density at radius 2 is 2.29 bits per heavy atom. The van der Waals surface area contributed by atoms with Crippen molar-refractivity contribution in [3.63, 3.8) is 0 Å². The van der Waals surface area contributed by atoms with E-state index in [0.717, 1.165) is 5.52 Å². The zero-order valence-corrected chi connectivity index (χ0v) is 8.02. The second kappa shape index (κ2) is 3.19. The van der Waals surface area contributed by atoms with E-state index in [4.69, 9.17) is 15.0 Å². The molecule has 0 saturated carbocycles. The summed E-state index contributed by atoms with van der Waals surface area (Å²) < 4.78 is 5.41. The predicted molar refractivity (Wildman–Crippen MR) is 53.8 cm³/mol. The minimum atomic E-state index is 0.410. The van der Waals surface area contributed by atoms with Gasteiger partial charge in [0.25, 0.3) is 0 Å². The first kappa shape index (κ1) is 8.83. The van der Waals surface area contributed by atoms with Crippen LogP contribution >= 0.6 is 0 Å². The molecule has 1 aromatic heterocycles. The molecule has 74 valence electrons. The van der Waals surface area contributed by atoms with E-state index in [-0.39, 0.29) is 0 Å². The molecule has 0 aliphatic heterocycles. The predicted octanol–water partition coefficient (Wildman–Crippen LogP) is 1.41. The van der Waals surface area contributed by atoms with Crippen LogP contribution in [-0.4, -0.2) is 19.1 Å². The normalized spacial score (nSPS) is 10.7. The molecule has 0 radical (unpaired) electrons. The first-order valence-electron chi connectivity index (χ1n) is 4.14. The van der Waals surface area contributed by atoms with Crippen molar-refractivity contribution in [1.29, 1.82) is 0 Å². The summed E-state index contributed by atoms with van der Waals surface area (Å²) in [6.07, 6.45) is 0. The van der Waals surface area contributed by atoms with Crippen molar-refractivity contribution in [1.82, 2.24) is 4.98 Å². The zero-order chi connectivity index (χ0) is 10.1. The van der Waals surface area contributed by atoms with E-state index in [1.807, 2.05) is 0 Å². The van der Waals surface area contributed by atoms with E-state index < -0.39 is 0 Å². The van der Waals surface area contributed by atoms with Crippen molar-refractivity contribution in [2.45, 2.75) is 0 Å². The Hall–Kier alpha value is -1.75. The molecule has 5 nitrogen and oxygen atoms in total. The van der Waals surface area contributed by atoms with Crippen LogP contribution in [0.3, 0.4) is 0 Å². The highest BCUT2D eigenvalue weighted by Gasteiger charge is 2.09. The molecule has 0 fully saturated rings. The molecule has 2 aromatic rings. The topological polar surface area (TPSA) is 64.5 Å². The molecule has 0 atom stereocenters. The molecule has 1 aromatic carbocycles. The number of hydrogen-bond donors (Lipinski definition) is 1. The van der Waals surface area contributed by atoms with Crippen LogP contribution in [0, 0.1) is 0 Å². The van der Waals surface area contributed by atoms with Crippen LogP contribution in [0.15, 0.2) is 22.6 Å². The second-order valence-electron chi connectivity index (χ2n) is 2.90. The van der Waals surface area contributed by atoms with Crippen molar-refractivity contribution in [3.8, 4) is 0 Å². The van der Waals surface area contributed by atoms with Crippen LogP contribution in [0.2, 0.25) is 0 Å². The zero-order valence-electron chi connectivity index (χ0n) is 8.02. The van der Waals surface area contributed by atoms with Crippen LogP contribution < -0.4 is 10.8 Å². The van der Waals surface area contributed by atoms with E-state index in [9.17, 15) is 0 Å². The first-order valence-corrected chi connectivity index (χ1v) is 4.14. The van der Waals surface area contributed by atoms with Gasteiger partial charge in [-0.3, -0.25) is 4.84 Å². The van der Waals surface area contributed by atoms with Crippen molar-refractivity contribution >= 4 is 22.8 Å². The maximum atomic E-state index is 5.62. The fourth-order valence-corrected chi connectivity index (χ4v) is 1.15. The van der Waals surface area contributed by atoms with Crippen LogP contribution in [0.1, 0.15) is 0 Å². The van der Waals surface area contributed by atoms with Gasteiger partial charge in [0.05, 0.1) is 7.11 Å². The number of aromatic nitrogens is 1. The van der Waals surface area contributed by atoms with Crippen molar-refractivity contribution in [2.75, 3.05) is 25.0 Å². The number of benzene rings is 1. The fourth-order valence-electron chi connectivity index (χ4n) is 1.15. The van der Waals surface area contributed by atoms with E-state index in [2.05, 4.69) is 4.98 Å². The van der Waals surface area contributed by atoms with Gasteiger partial charge >= 0.3 is 6.01 Å². The summed E-state index contributed by atoms with van der Waals surface area (Å²) in [4.78, 5) is 9.14. The highest BCUT2D eigenvalue weighted by atomic mass is 16.7. The molecule has 0 saturated heterocycles. The van der Waals surface area contributed by atoms with Gasteiger partial charge in [0.1, 0.15) is 5.52 Å². The third kappa shape index (κ3) is 1.38. The summed E-state index contributed by atoms with van der Waals surface area (Å²) >= 11 is 0. The van der Waals surface area contributed by atoms with Gasteiger partial charge < -0.3 is 10.2 Å². The molecule has 1 heterocycles. The number of nitrogen functional groups attached to an aromatic ring is 1. The number of nitrogens with zero attached hydrogens (tertiary/aromatic N) is 2. The lowest BCUT2D eigenvalue weighted by Gasteiger charge is -2.08. The Morgan fingerprint density at radius 3 is 3.00 bits per heavy atom. The summed E-state index contributed by atoms with van der Waals surface area (Å²) in [5, 5.41) is 1.44. The number of rotatable bonds is 2. The molecular weight excluding hydrogens is 182 g/mol. The highest BCUT2D eigenvalue weighted by molar-refractivity contribution is 5.78. The molecule has 0 amide bonds. The lowest BCUT2D eigenvalue weighted by molar-refractivity contribution is 0.169. The van der Waals surface area contributed by atoms with Gasteiger partial charge in [-0.25, -0.2) is 5.06 Å². The van der Waals surface area contributed by atoms with Crippen LogP contribution in [0.5, 0.6) is 0 Å². The summed E-state index contributed by atoms with van der Waals surface area (Å²) in [5.74, 6) is 0. The standard InChI is InChI=1S/C9H11N3O2/c1-12(13-2)9-11-7-5-6(10)3-4-8(7)14-9/h3-5H,10H2,1-2H3. The maximum Gasteiger partial charge on any atom is 0.322 e. The van der Waals surface area contributed by atoms with Crippen LogP contribution in [-0.2, 0) is 4.84 Å². The van der Waals surface area contributed by atoms with Gasteiger partial charge in [0.15, 0.2) is 5.58 Å². The largest absolute Gasteiger partial charge is 0.422 e. The van der Waals surface area contributed by atoms with Gasteiger partial charge in [-0.05, 0) is 18.2 Å². The molecular formula is C9H11N3O2. The summed E-state index contributed by atoms with van der Waals surface area (Å²) in [7, 11) is 3.26. The lowest BCUT2D eigenvalue weighted by atomic mass is 10.3. The number of fused-ring (bicyclic) bond motifs is 1. The number of oxazole rings is 1. The minimum Gasteiger partial charge on any atom is -0.422 e. The van der Waals surface area contributed by atoms with Crippen molar-refractivity contribution < 1.29 is 9.25 Å². The monoisotopic (exact) mass is 193 g/mol. The third-order valence-electron chi connectivity index (χ3n) is 1.94. The molecule has 0 unspecified atom stereocenters. The average Bonchev–Trinajstić information content (AvgIpc) is 2.59. The Labute approximate surface area is 81.0 Å². The molecule has 2 N–H and O–H groups in total. The summed E-state index contributed by atoms with van der Waals surface area (Å²) in [6, 6.07) is 5.72. The molecule has 5 heteroatoms. The SMILES string of the molecule is CON(C)c1nc2cc(N)ccc2o1. The number of anilines is 2. The van der Waals surface area contributed by atoms with Gasteiger partial charge in [-0.2, -0.15) is 4.98 Å². The number of hydroxylamine groups is 1. The summed E-state index contributed by atoms with van der Waals surface area (Å²) in [6.45, 7) is 0. The Kier molecular flexibility index (Phi) is 2.01. The number of hydrogen-bond acceptors (Lipinski definition) is 5. The maximum absolute atomic E-state index is 5.62. The Bertz CT molecular complexity index is 452. The second-order valence-corrected chi connectivity index (χ2v) is 2.90. The van der Waals surface area contributed by atoms with Gasteiger partial charge in [-0.15, -0.1) is 0 Å². The highest BCUT2D eigenvalue weighted by Crippen LogP contribution is 2.22. The summed E-state index contributed by atoms with van der Waals surface area (Å²) in [5.41, 5.74) is 7.70. The molecule has 14 heavy (non-hydrogen) atoms. The van der Waals surface area contributed by atoms with Crippen molar-refractivity contribution in [3.05, 3.63) is 18.2 Å². The van der Waals surface area contributed by atoms with Gasteiger partial charge in [-0.1, -0.05) is 0 Å². The fraction of sp³-hybridized carbons (Fsp3) is 0.222. The Morgan fingerprint density at radius 1 is 1.50 bits per heavy atom. The van der Waals surface area contributed by atoms with E-state index in [1.54, 1.807) is 32.4 Å². The molecule has 0 bridgehead atoms. The first-order chi connectivity index (χ1) is 6.70. The molecule has 0 aliphatic carbocycles. The van der Waals surface area contributed by atoms with E-state index >= 15 is 0 Å². The lowest BCUT2D eigenvalue weighted by Crippen LogP contribution is -2.14. The molecule has 2 rings (SSSR count). The van der Waals surface area contributed by atoms with Crippen molar-refractivity contribution in [2.24, 2.45) is 0 Å².